The highest BCUT2D eigenvalue weighted by molar-refractivity contribution is 7.86. The molecular formula is C12H20N2O4S. The monoisotopic (exact) mass is 288 g/mol. The summed E-state index contributed by atoms with van der Waals surface area (Å²) < 4.78 is 32.6. The zero-order chi connectivity index (χ0) is 13.9. The molecule has 1 saturated heterocycles. The maximum absolute atomic E-state index is 12.5. The van der Waals surface area contributed by atoms with E-state index in [4.69, 9.17) is 4.42 Å². The van der Waals surface area contributed by atoms with Crippen LogP contribution >= 0.6 is 0 Å². The molecule has 0 aromatic carbocycles. The maximum Gasteiger partial charge on any atom is 0.282 e. The van der Waals surface area contributed by atoms with E-state index in [1.807, 2.05) is 0 Å². The van der Waals surface area contributed by atoms with Gasteiger partial charge in [0.15, 0.2) is 0 Å². The molecule has 108 valence electrons. The normalized spacial score (nSPS) is 21.9. The molecule has 1 atom stereocenters. The molecule has 1 fully saturated rings. The summed E-state index contributed by atoms with van der Waals surface area (Å²) in [5.74, 6) is 0. The highest BCUT2D eigenvalue weighted by Gasteiger charge is 2.34. The molecule has 7 heteroatoms. The maximum atomic E-state index is 12.5. The lowest BCUT2D eigenvalue weighted by atomic mass is 10.1. The van der Waals surface area contributed by atoms with Crippen molar-refractivity contribution in [3.63, 3.8) is 0 Å². The van der Waals surface area contributed by atoms with Crippen LogP contribution in [0.3, 0.4) is 0 Å². The summed E-state index contributed by atoms with van der Waals surface area (Å²) in [7, 11) is -1.99. The quantitative estimate of drug-likeness (QED) is 0.870. The molecular weight excluding hydrogens is 268 g/mol. The number of aliphatic hydroxyl groups excluding tert-OH is 1. The van der Waals surface area contributed by atoms with Crippen molar-refractivity contribution in [1.29, 1.82) is 0 Å². The molecule has 0 amide bonds. The van der Waals surface area contributed by atoms with E-state index >= 15 is 0 Å². The van der Waals surface area contributed by atoms with E-state index in [1.165, 1.54) is 21.1 Å². The molecule has 1 unspecified atom stereocenters. The molecule has 0 aliphatic carbocycles. The van der Waals surface area contributed by atoms with E-state index < -0.39 is 10.2 Å². The fraction of sp³-hybridized carbons (Fsp3) is 0.667. The van der Waals surface area contributed by atoms with Crippen molar-refractivity contribution in [3.05, 3.63) is 24.2 Å². The number of piperidine rings is 1. The second-order valence-corrected chi connectivity index (χ2v) is 6.83. The van der Waals surface area contributed by atoms with Crippen LogP contribution < -0.4 is 0 Å². The van der Waals surface area contributed by atoms with Crippen LogP contribution in [0.15, 0.2) is 23.0 Å². The number of nitrogens with zero attached hydrogens (tertiary/aromatic N) is 2. The van der Waals surface area contributed by atoms with Gasteiger partial charge in [0.2, 0.25) is 0 Å². The summed E-state index contributed by atoms with van der Waals surface area (Å²) in [4.78, 5) is 0. The van der Waals surface area contributed by atoms with E-state index in [9.17, 15) is 13.5 Å². The first-order chi connectivity index (χ1) is 9.05. The van der Waals surface area contributed by atoms with Gasteiger partial charge in [0.05, 0.1) is 19.1 Å². The predicted octanol–water partition coefficient (Wildman–Crippen LogP) is 0.803. The van der Waals surface area contributed by atoms with Crippen LogP contribution in [0, 0.1) is 0 Å². The molecule has 0 radical (unpaired) electrons. The Morgan fingerprint density at radius 2 is 2.32 bits per heavy atom. The third kappa shape index (κ3) is 3.17. The van der Waals surface area contributed by atoms with Gasteiger partial charge in [-0.3, -0.25) is 0 Å². The van der Waals surface area contributed by atoms with Gasteiger partial charge < -0.3 is 9.52 Å². The van der Waals surface area contributed by atoms with Gasteiger partial charge in [0.1, 0.15) is 0 Å². The summed E-state index contributed by atoms with van der Waals surface area (Å²) in [5, 5.41) is 9.32. The number of hydrogen-bond acceptors (Lipinski definition) is 4. The first kappa shape index (κ1) is 14.5. The molecule has 1 aliphatic rings. The van der Waals surface area contributed by atoms with Gasteiger partial charge >= 0.3 is 0 Å². The largest absolute Gasteiger partial charge is 0.472 e. The Balaban J connectivity index is 2.11. The Morgan fingerprint density at radius 3 is 2.95 bits per heavy atom. The first-order valence-corrected chi connectivity index (χ1v) is 7.80. The molecule has 1 N–H and O–H groups in total. The van der Waals surface area contributed by atoms with E-state index in [2.05, 4.69) is 0 Å². The van der Waals surface area contributed by atoms with Crippen LogP contribution in [-0.2, 0) is 16.8 Å². The molecule has 1 aromatic rings. The van der Waals surface area contributed by atoms with E-state index in [1.54, 1.807) is 13.1 Å². The molecule has 0 saturated carbocycles. The van der Waals surface area contributed by atoms with Crippen molar-refractivity contribution in [2.45, 2.75) is 31.8 Å². The van der Waals surface area contributed by atoms with Gasteiger partial charge in [-0.15, -0.1) is 0 Å². The first-order valence-electron chi connectivity index (χ1n) is 6.40. The van der Waals surface area contributed by atoms with Crippen molar-refractivity contribution >= 4 is 10.2 Å². The smallest absolute Gasteiger partial charge is 0.282 e. The Kier molecular flexibility index (Phi) is 4.62. The lowest BCUT2D eigenvalue weighted by Gasteiger charge is -2.35. The third-order valence-corrected chi connectivity index (χ3v) is 5.45. The highest BCUT2D eigenvalue weighted by Crippen LogP contribution is 2.22. The van der Waals surface area contributed by atoms with Crippen molar-refractivity contribution in [1.82, 2.24) is 8.61 Å². The fourth-order valence-electron chi connectivity index (χ4n) is 2.36. The lowest BCUT2D eigenvalue weighted by Crippen LogP contribution is -2.50. The van der Waals surface area contributed by atoms with Gasteiger partial charge in [-0.2, -0.15) is 17.0 Å². The average molecular weight is 288 g/mol. The molecule has 6 nitrogen and oxygen atoms in total. The van der Waals surface area contributed by atoms with E-state index in [0.717, 1.165) is 24.8 Å². The Labute approximate surface area is 113 Å². The number of hydrogen-bond donors (Lipinski definition) is 1. The van der Waals surface area contributed by atoms with Gasteiger partial charge in [-0.05, 0) is 18.9 Å². The molecule has 2 rings (SSSR count). The van der Waals surface area contributed by atoms with Gasteiger partial charge in [0, 0.05) is 31.7 Å². The van der Waals surface area contributed by atoms with E-state index in [-0.39, 0.29) is 19.2 Å². The standard InChI is InChI=1S/C12H20N2O4S/c1-13(8-11-5-7-18-10-11)19(16,17)14-6-3-2-4-12(14)9-15/h5,7,10,12,15H,2-4,6,8-9H2,1H3. The summed E-state index contributed by atoms with van der Waals surface area (Å²) in [6.07, 6.45) is 5.58. The minimum Gasteiger partial charge on any atom is -0.472 e. The summed E-state index contributed by atoms with van der Waals surface area (Å²) >= 11 is 0. The van der Waals surface area contributed by atoms with Crippen LogP contribution in [0.1, 0.15) is 24.8 Å². The average Bonchev–Trinajstić information content (AvgIpc) is 2.91. The molecule has 0 spiro atoms. The summed E-state index contributed by atoms with van der Waals surface area (Å²) in [6.45, 7) is 0.621. The summed E-state index contributed by atoms with van der Waals surface area (Å²) in [5.41, 5.74) is 0.809. The van der Waals surface area contributed by atoms with Crippen LogP contribution in [0.25, 0.3) is 0 Å². The third-order valence-electron chi connectivity index (χ3n) is 3.46. The fourth-order valence-corrected chi connectivity index (χ4v) is 3.94. The molecule has 2 heterocycles. The Bertz CT molecular complexity index is 486. The van der Waals surface area contributed by atoms with Crippen molar-refractivity contribution < 1.29 is 17.9 Å². The SMILES string of the molecule is CN(Cc1ccoc1)S(=O)(=O)N1CCCCC1CO. The van der Waals surface area contributed by atoms with Crippen molar-refractivity contribution in [2.24, 2.45) is 0 Å². The van der Waals surface area contributed by atoms with Crippen LogP contribution in [0.4, 0.5) is 0 Å². The molecule has 1 aliphatic heterocycles. The zero-order valence-corrected chi connectivity index (χ0v) is 11.8. The van der Waals surface area contributed by atoms with Crippen LogP contribution in [0.2, 0.25) is 0 Å². The van der Waals surface area contributed by atoms with Gasteiger partial charge in [-0.25, -0.2) is 0 Å². The Hall–Kier alpha value is -0.890. The second kappa shape index (κ2) is 6.04. The van der Waals surface area contributed by atoms with Crippen molar-refractivity contribution in [3.8, 4) is 0 Å². The zero-order valence-electron chi connectivity index (χ0n) is 11.0. The number of furan rings is 1. The van der Waals surface area contributed by atoms with Crippen LogP contribution in [-0.4, -0.2) is 48.4 Å². The van der Waals surface area contributed by atoms with Crippen LogP contribution in [0.5, 0.6) is 0 Å². The van der Waals surface area contributed by atoms with Crippen molar-refractivity contribution in [2.75, 3.05) is 20.2 Å². The minimum atomic E-state index is -3.53. The van der Waals surface area contributed by atoms with Gasteiger partial charge in [0.25, 0.3) is 10.2 Å². The number of rotatable bonds is 5. The predicted molar refractivity (Wildman–Crippen MR) is 70.5 cm³/mol. The van der Waals surface area contributed by atoms with E-state index in [0.29, 0.717) is 6.54 Å². The molecule has 1 aromatic heterocycles. The molecule has 0 bridgehead atoms. The second-order valence-electron chi connectivity index (χ2n) is 4.84. The minimum absolute atomic E-state index is 0.126. The summed E-state index contributed by atoms with van der Waals surface area (Å²) in [6, 6.07) is 1.44. The number of aliphatic hydroxyl groups is 1. The molecule has 19 heavy (non-hydrogen) atoms. The lowest BCUT2D eigenvalue weighted by molar-refractivity contribution is 0.149. The highest BCUT2D eigenvalue weighted by atomic mass is 32.2. The topological polar surface area (TPSA) is 74.0 Å². The Morgan fingerprint density at radius 1 is 1.53 bits per heavy atom. The van der Waals surface area contributed by atoms with Gasteiger partial charge in [-0.1, -0.05) is 6.42 Å².